The number of pyridine rings is 2. The van der Waals surface area contributed by atoms with Crippen LogP contribution in [0.15, 0.2) is 36.5 Å². The lowest BCUT2D eigenvalue weighted by molar-refractivity contribution is 0.0864. The van der Waals surface area contributed by atoms with Gasteiger partial charge in [0.15, 0.2) is 5.82 Å². The van der Waals surface area contributed by atoms with Crippen LogP contribution in [0, 0.1) is 6.92 Å². The van der Waals surface area contributed by atoms with E-state index < -0.39 is 8.07 Å². The number of fused-ring (bicyclic) bond motifs is 2. The van der Waals surface area contributed by atoms with Crippen molar-refractivity contribution in [1.29, 1.82) is 0 Å². The summed E-state index contributed by atoms with van der Waals surface area (Å²) < 4.78 is 10.5. The van der Waals surface area contributed by atoms with Gasteiger partial charge < -0.3 is 14.6 Å². The molecule has 0 spiro atoms. The minimum atomic E-state index is -1.15. The maximum Gasteiger partial charge on any atom is 0.161 e. The Kier molecular flexibility index (Phi) is 6.30. The van der Waals surface area contributed by atoms with Crippen molar-refractivity contribution in [2.75, 3.05) is 6.61 Å². The molecular formula is C28H35N7OSi. The van der Waals surface area contributed by atoms with Crippen molar-refractivity contribution in [3.05, 3.63) is 59.3 Å². The minimum absolute atomic E-state index is 0.497. The van der Waals surface area contributed by atoms with Gasteiger partial charge in [0.05, 0.1) is 17.1 Å². The van der Waals surface area contributed by atoms with Crippen LogP contribution in [0.2, 0.25) is 25.7 Å². The van der Waals surface area contributed by atoms with Gasteiger partial charge in [0.2, 0.25) is 0 Å². The Morgan fingerprint density at radius 3 is 2.78 bits per heavy atom. The molecule has 4 aromatic heterocycles. The molecule has 6 rings (SSSR count). The zero-order valence-electron chi connectivity index (χ0n) is 22.2. The molecule has 2 aliphatic heterocycles. The first-order chi connectivity index (χ1) is 17.9. The van der Waals surface area contributed by atoms with Gasteiger partial charge in [-0.05, 0) is 55.6 Å². The van der Waals surface area contributed by atoms with Crippen molar-refractivity contribution >= 4 is 8.07 Å². The van der Waals surface area contributed by atoms with Gasteiger partial charge in [-0.2, -0.15) is 5.10 Å². The van der Waals surface area contributed by atoms with Gasteiger partial charge in [0, 0.05) is 57.5 Å². The largest absolute Gasteiger partial charge is 0.361 e. The van der Waals surface area contributed by atoms with Crippen molar-refractivity contribution in [3.63, 3.8) is 0 Å². The summed E-state index contributed by atoms with van der Waals surface area (Å²) in [5, 5.41) is 8.42. The van der Waals surface area contributed by atoms with Crippen LogP contribution in [0.5, 0.6) is 0 Å². The third-order valence-corrected chi connectivity index (χ3v) is 8.91. The Morgan fingerprint density at radius 1 is 1.05 bits per heavy atom. The lowest BCUT2D eigenvalue weighted by atomic mass is 10.00. The molecule has 0 saturated carbocycles. The summed E-state index contributed by atoms with van der Waals surface area (Å²) in [5.41, 5.74) is 9.56. The SMILES string of the molecule is Cc1cccc(-c2nn3c(c2-c2ccnc(-c4nc5c(n4COCC[Si](C)(C)C)CNC5)c2)CCC3)n1. The molecule has 0 bridgehead atoms. The van der Waals surface area contributed by atoms with Crippen LogP contribution in [0.1, 0.15) is 29.2 Å². The molecule has 4 aromatic rings. The van der Waals surface area contributed by atoms with E-state index in [1.54, 1.807) is 0 Å². The summed E-state index contributed by atoms with van der Waals surface area (Å²) >= 11 is 0. The molecule has 9 heteroatoms. The first-order valence-corrected chi connectivity index (χ1v) is 17.0. The second-order valence-corrected chi connectivity index (χ2v) is 16.9. The molecule has 0 atom stereocenters. The summed E-state index contributed by atoms with van der Waals surface area (Å²) in [6.45, 7) is 13.0. The number of imidazole rings is 1. The van der Waals surface area contributed by atoms with Crippen LogP contribution in [0.25, 0.3) is 34.0 Å². The number of hydrogen-bond acceptors (Lipinski definition) is 6. The summed E-state index contributed by atoms with van der Waals surface area (Å²) in [7, 11) is -1.15. The molecule has 0 unspecified atom stereocenters. The van der Waals surface area contributed by atoms with Crippen LogP contribution in [0.4, 0.5) is 0 Å². The van der Waals surface area contributed by atoms with Crippen LogP contribution in [-0.2, 0) is 37.5 Å². The highest BCUT2D eigenvalue weighted by atomic mass is 28.3. The van der Waals surface area contributed by atoms with E-state index in [4.69, 9.17) is 24.8 Å². The van der Waals surface area contributed by atoms with Crippen molar-refractivity contribution in [1.82, 2.24) is 34.6 Å². The van der Waals surface area contributed by atoms with Gasteiger partial charge in [-0.3, -0.25) is 14.6 Å². The third-order valence-electron chi connectivity index (χ3n) is 7.21. The second kappa shape index (κ2) is 9.63. The average molecular weight is 514 g/mol. The quantitative estimate of drug-likeness (QED) is 0.263. The van der Waals surface area contributed by atoms with Crippen LogP contribution in [-0.4, -0.2) is 44.0 Å². The van der Waals surface area contributed by atoms with Gasteiger partial charge >= 0.3 is 0 Å². The molecule has 37 heavy (non-hydrogen) atoms. The molecule has 0 saturated heterocycles. The summed E-state index contributed by atoms with van der Waals surface area (Å²) in [6.07, 6.45) is 4.03. The van der Waals surface area contributed by atoms with Gasteiger partial charge in [0.25, 0.3) is 0 Å². The molecule has 1 N–H and O–H groups in total. The zero-order chi connectivity index (χ0) is 25.6. The summed E-state index contributed by atoms with van der Waals surface area (Å²) in [6, 6.07) is 11.5. The van der Waals surface area contributed by atoms with Gasteiger partial charge in [-0.1, -0.05) is 25.7 Å². The van der Waals surface area contributed by atoms with E-state index >= 15 is 0 Å². The molecule has 8 nitrogen and oxygen atoms in total. The number of aryl methyl sites for hydroxylation is 2. The maximum atomic E-state index is 6.17. The van der Waals surface area contributed by atoms with E-state index in [-0.39, 0.29) is 0 Å². The van der Waals surface area contributed by atoms with E-state index in [2.05, 4.69) is 58.5 Å². The molecule has 2 aliphatic rings. The minimum Gasteiger partial charge on any atom is -0.361 e. The van der Waals surface area contributed by atoms with E-state index in [9.17, 15) is 0 Å². The fraction of sp³-hybridized carbons (Fsp3) is 0.429. The van der Waals surface area contributed by atoms with Gasteiger partial charge in [0.1, 0.15) is 18.1 Å². The van der Waals surface area contributed by atoms with Crippen molar-refractivity contribution in [2.24, 2.45) is 0 Å². The highest BCUT2D eigenvalue weighted by Crippen LogP contribution is 2.38. The zero-order valence-corrected chi connectivity index (χ0v) is 23.2. The van der Waals surface area contributed by atoms with Crippen LogP contribution >= 0.6 is 0 Å². The Balaban J connectivity index is 1.38. The lowest BCUT2D eigenvalue weighted by Crippen LogP contribution is -2.22. The number of rotatable bonds is 8. The molecule has 0 aliphatic carbocycles. The summed E-state index contributed by atoms with van der Waals surface area (Å²) in [4.78, 5) is 14.6. The average Bonchev–Trinajstić information content (AvgIpc) is 3.62. The van der Waals surface area contributed by atoms with Crippen molar-refractivity contribution in [2.45, 2.75) is 71.8 Å². The van der Waals surface area contributed by atoms with Crippen molar-refractivity contribution in [3.8, 4) is 34.0 Å². The number of aromatic nitrogens is 6. The number of ether oxygens (including phenoxy) is 1. The lowest BCUT2D eigenvalue weighted by Gasteiger charge is -2.17. The van der Waals surface area contributed by atoms with Gasteiger partial charge in [-0.15, -0.1) is 0 Å². The van der Waals surface area contributed by atoms with Crippen LogP contribution in [0.3, 0.4) is 0 Å². The second-order valence-electron chi connectivity index (χ2n) is 11.3. The Labute approximate surface area is 219 Å². The van der Waals surface area contributed by atoms with E-state index in [1.807, 2.05) is 19.2 Å². The predicted octanol–water partition coefficient (Wildman–Crippen LogP) is 5.04. The van der Waals surface area contributed by atoms with Gasteiger partial charge in [-0.25, -0.2) is 4.98 Å². The third kappa shape index (κ3) is 4.79. The topological polar surface area (TPSA) is 82.7 Å². The summed E-state index contributed by atoms with van der Waals surface area (Å²) in [5.74, 6) is 0.875. The number of hydrogen-bond donors (Lipinski definition) is 1. The standard InChI is InChI=1S/C28H35N7OSi/c1-19-7-5-8-21(31-19)27-26(24-9-6-12-35(24)33-27)20-10-11-30-22(15-20)28-32-23-16-29-17-25(23)34(28)18-36-13-14-37(2,3)4/h5,7-8,10-11,15,29H,6,9,12-14,16-18H2,1-4H3. The Morgan fingerprint density at radius 2 is 1.95 bits per heavy atom. The predicted molar refractivity (Wildman–Crippen MR) is 148 cm³/mol. The molecule has 0 fully saturated rings. The smallest absolute Gasteiger partial charge is 0.161 e. The highest BCUT2D eigenvalue weighted by Gasteiger charge is 2.27. The molecule has 0 amide bonds. The molecule has 0 radical (unpaired) electrons. The number of nitrogens with zero attached hydrogens (tertiary/aromatic N) is 6. The molecular weight excluding hydrogens is 478 g/mol. The van der Waals surface area contributed by atoms with Crippen molar-refractivity contribution < 1.29 is 4.74 Å². The normalized spacial score (nSPS) is 14.8. The number of nitrogens with one attached hydrogen (secondary N) is 1. The van der Waals surface area contributed by atoms with E-state index in [0.29, 0.717) is 6.73 Å². The fourth-order valence-electron chi connectivity index (χ4n) is 5.24. The maximum absolute atomic E-state index is 6.17. The Bertz CT molecular complexity index is 1450. The van der Waals surface area contributed by atoms with E-state index in [1.165, 1.54) is 11.4 Å². The highest BCUT2D eigenvalue weighted by molar-refractivity contribution is 6.76. The fourth-order valence-corrected chi connectivity index (χ4v) is 6.00. The molecule has 192 valence electrons. The van der Waals surface area contributed by atoms with Crippen LogP contribution < -0.4 is 5.32 Å². The molecule has 6 heterocycles. The first kappa shape index (κ1) is 24.2. The van der Waals surface area contributed by atoms with E-state index in [0.717, 1.165) is 90.5 Å². The monoisotopic (exact) mass is 513 g/mol. The first-order valence-electron chi connectivity index (χ1n) is 13.2. The molecule has 0 aromatic carbocycles. The Hall–Kier alpha value is -3.14.